The highest BCUT2D eigenvalue weighted by molar-refractivity contribution is 5.20. The number of hydrogen-bond donors (Lipinski definition) is 1. The quantitative estimate of drug-likeness (QED) is 0.820. The summed E-state index contributed by atoms with van der Waals surface area (Å²) in [5, 5.41) is 12.9. The third-order valence-corrected chi connectivity index (χ3v) is 5.26. The van der Waals surface area contributed by atoms with Crippen molar-refractivity contribution in [1.29, 1.82) is 0 Å². The summed E-state index contributed by atoms with van der Waals surface area (Å²) in [7, 11) is 2.18. The third-order valence-electron chi connectivity index (χ3n) is 5.26. The second-order valence-corrected chi connectivity index (χ2v) is 6.48. The zero-order valence-electron chi connectivity index (χ0n) is 13.0. The molecule has 3 rings (SSSR count). The average molecular weight is 304 g/mol. The number of rotatable bonds is 6. The Hall–Kier alpha value is -1.30. The lowest BCUT2D eigenvalue weighted by molar-refractivity contribution is -0.0684. The van der Waals surface area contributed by atoms with Crippen LogP contribution in [0.3, 0.4) is 0 Å². The SMILES string of the molecule is CN1C2CCC1CC(OC(N=O)C(CO)c1ccccc1)C2. The molecule has 0 amide bonds. The van der Waals surface area contributed by atoms with Crippen LogP contribution >= 0.6 is 0 Å². The highest BCUT2D eigenvalue weighted by atomic mass is 16.5. The van der Waals surface area contributed by atoms with Crippen molar-refractivity contribution < 1.29 is 9.84 Å². The maximum atomic E-state index is 11.3. The van der Waals surface area contributed by atoms with Crippen LogP contribution in [0, 0.1) is 4.91 Å². The molecule has 0 aromatic heterocycles. The molecule has 0 spiro atoms. The molecular weight excluding hydrogens is 280 g/mol. The van der Waals surface area contributed by atoms with E-state index in [-0.39, 0.29) is 12.7 Å². The summed E-state index contributed by atoms with van der Waals surface area (Å²) < 4.78 is 6.01. The molecule has 0 aliphatic carbocycles. The van der Waals surface area contributed by atoms with Crippen molar-refractivity contribution in [2.24, 2.45) is 5.18 Å². The van der Waals surface area contributed by atoms with Crippen LogP contribution in [-0.2, 0) is 4.74 Å². The Morgan fingerprint density at radius 2 is 1.91 bits per heavy atom. The molecule has 1 N–H and O–H groups in total. The smallest absolute Gasteiger partial charge is 0.198 e. The first-order valence-corrected chi connectivity index (χ1v) is 8.08. The van der Waals surface area contributed by atoms with E-state index in [4.69, 9.17) is 4.74 Å². The summed E-state index contributed by atoms with van der Waals surface area (Å²) in [4.78, 5) is 13.7. The summed E-state index contributed by atoms with van der Waals surface area (Å²) in [5.41, 5.74) is 0.894. The van der Waals surface area contributed by atoms with Crippen LogP contribution in [0.15, 0.2) is 35.5 Å². The topological polar surface area (TPSA) is 62.1 Å². The molecule has 5 nitrogen and oxygen atoms in total. The number of ether oxygens (including phenoxy) is 1. The molecule has 0 radical (unpaired) electrons. The fourth-order valence-electron chi connectivity index (χ4n) is 3.92. The van der Waals surface area contributed by atoms with E-state index < -0.39 is 12.1 Å². The molecule has 2 saturated heterocycles. The Kier molecular flexibility index (Phi) is 4.86. The van der Waals surface area contributed by atoms with Gasteiger partial charge >= 0.3 is 0 Å². The van der Waals surface area contributed by atoms with Crippen molar-refractivity contribution >= 4 is 0 Å². The van der Waals surface area contributed by atoms with Gasteiger partial charge in [-0.2, -0.15) is 0 Å². The molecule has 2 heterocycles. The van der Waals surface area contributed by atoms with Gasteiger partial charge in [0.25, 0.3) is 0 Å². The molecule has 4 atom stereocenters. The highest BCUT2D eigenvalue weighted by Gasteiger charge is 2.40. The molecular formula is C17H24N2O3. The maximum absolute atomic E-state index is 11.3. The number of piperidine rings is 1. The van der Waals surface area contributed by atoms with Crippen LogP contribution in [0.25, 0.3) is 0 Å². The van der Waals surface area contributed by atoms with Crippen LogP contribution in [0.5, 0.6) is 0 Å². The predicted octanol–water partition coefficient (Wildman–Crippen LogP) is 2.50. The number of aliphatic hydroxyl groups is 1. The lowest BCUT2D eigenvalue weighted by Gasteiger charge is -2.37. The van der Waals surface area contributed by atoms with Gasteiger partial charge in [0.1, 0.15) is 0 Å². The maximum Gasteiger partial charge on any atom is 0.198 e. The molecule has 2 bridgehead atoms. The van der Waals surface area contributed by atoms with Crippen molar-refractivity contribution in [2.45, 2.75) is 56.0 Å². The minimum Gasteiger partial charge on any atom is -0.396 e. The van der Waals surface area contributed by atoms with Crippen molar-refractivity contribution in [3.8, 4) is 0 Å². The summed E-state index contributed by atoms with van der Waals surface area (Å²) in [5.74, 6) is -0.393. The number of aliphatic hydroxyl groups excluding tert-OH is 1. The summed E-state index contributed by atoms with van der Waals surface area (Å²) in [6.07, 6.45) is 3.57. The minimum absolute atomic E-state index is 0.0640. The van der Waals surface area contributed by atoms with E-state index in [0.29, 0.717) is 12.1 Å². The van der Waals surface area contributed by atoms with Gasteiger partial charge < -0.3 is 14.7 Å². The molecule has 5 heteroatoms. The van der Waals surface area contributed by atoms with Crippen LogP contribution in [0.1, 0.15) is 37.2 Å². The summed E-state index contributed by atoms with van der Waals surface area (Å²) >= 11 is 0. The van der Waals surface area contributed by atoms with Gasteiger partial charge in [-0.15, -0.1) is 4.91 Å². The van der Waals surface area contributed by atoms with Crippen molar-refractivity contribution in [3.63, 3.8) is 0 Å². The third kappa shape index (κ3) is 3.07. The summed E-state index contributed by atoms with van der Waals surface area (Å²) in [6.45, 7) is -0.139. The average Bonchev–Trinajstić information content (AvgIpc) is 2.77. The van der Waals surface area contributed by atoms with E-state index in [1.807, 2.05) is 30.3 Å². The molecule has 0 saturated carbocycles. The lowest BCUT2D eigenvalue weighted by Crippen LogP contribution is -2.44. The first-order valence-electron chi connectivity index (χ1n) is 8.08. The van der Waals surface area contributed by atoms with Crippen molar-refractivity contribution in [2.75, 3.05) is 13.7 Å². The number of nitrogens with zero attached hydrogens (tertiary/aromatic N) is 2. The van der Waals surface area contributed by atoms with E-state index in [9.17, 15) is 10.0 Å². The zero-order chi connectivity index (χ0) is 15.5. The lowest BCUT2D eigenvalue weighted by atomic mass is 9.97. The van der Waals surface area contributed by atoms with Gasteiger partial charge in [0.2, 0.25) is 0 Å². The fourth-order valence-corrected chi connectivity index (χ4v) is 3.92. The first kappa shape index (κ1) is 15.6. The Morgan fingerprint density at radius 1 is 1.27 bits per heavy atom. The molecule has 22 heavy (non-hydrogen) atoms. The van der Waals surface area contributed by atoms with Crippen molar-refractivity contribution in [1.82, 2.24) is 4.90 Å². The molecule has 1 aromatic rings. The molecule has 1 aromatic carbocycles. The van der Waals surface area contributed by atoms with Crippen molar-refractivity contribution in [3.05, 3.63) is 40.8 Å². The van der Waals surface area contributed by atoms with E-state index in [1.54, 1.807) is 0 Å². The van der Waals surface area contributed by atoms with Crippen LogP contribution < -0.4 is 0 Å². The predicted molar refractivity (Wildman–Crippen MR) is 84.5 cm³/mol. The normalized spacial score (nSPS) is 30.9. The molecule has 2 aliphatic heterocycles. The van der Waals surface area contributed by atoms with Gasteiger partial charge in [0, 0.05) is 12.1 Å². The van der Waals surface area contributed by atoms with E-state index in [1.165, 1.54) is 12.8 Å². The van der Waals surface area contributed by atoms with Gasteiger partial charge in [-0.1, -0.05) is 30.3 Å². The Balaban J connectivity index is 1.68. The number of fused-ring (bicyclic) bond motifs is 2. The second kappa shape index (κ2) is 6.86. The Bertz CT molecular complexity index is 482. The van der Waals surface area contributed by atoms with Crippen LogP contribution in [0.2, 0.25) is 0 Å². The van der Waals surface area contributed by atoms with Gasteiger partial charge in [-0.3, -0.25) is 0 Å². The zero-order valence-corrected chi connectivity index (χ0v) is 13.0. The minimum atomic E-state index is -0.819. The van der Waals surface area contributed by atoms with E-state index in [2.05, 4.69) is 17.1 Å². The standard InChI is InChI=1S/C17H24N2O3/c1-19-13-7-8-14(19)10-15(9-13)22-17(18-21)16(11-20)12-5-3-2-4-6-12/h2-6,13-17,20H,7-11H2,1H3. The Labute approximate surface area is 131 Å². The van der Waals surface area contributed by atoms with Gasteiger partial charge in [0.15, 0.2) is 6.23 Å². The van der Waals surface area contributed by atoms with Crippen LogP contribution in [0.4, 0.5) is 0 Å². The highest BCUT2D eigenvalue weighted by Crippen LogP contribution is 2.37. The molecule has 4 unspecified atom stereocenters. The first-order chi connectivity index (χ1) is 10.7. The molecule has 2 aliphatic rings. The Morgan fingerprint density at radius 3 is 2.45 bits per heavy atom. The largest absolute Gasteiger partial charge is 0.396 e. The van der Waals surface area contributed by atoms with Gasteiger partial charge in [-0.25, -0.2) is 0 Å². The van der Waals surface area contributed by atoms with E-state index in [0.717, 1.165) is 18.4 Å². The fraction of sp³-hybridized carbons (Fsp3) is 0.647. The van der Waals surface area contributed by atoms with Gasteiger partial charge in [0.05, 0.1) is 18.6 Å². The van der Waals surface area contributed by atoms with Gasteiger partial charge in [-0.05, 0) is 43.5 Å². The second-order valence-electron chi connectivity index (χ2n) is 6.48. The number of hydrogen-bond acceptors (Lipinski definition) is 5. The monoisotopic (exact) mass is 304 g/mol. The molecule has 2 fully saturated rings. The number of nitroso groups, excluding NO2 is 1. The molecule has 120 valence electrons. The number of benzene rings is 1. The van der Waals surface area contributed by atoms with Crippen LogP contribution in [-0.4, -0.2) is 48.1 Å². The van der Waals surface area contributed by atoms with E-state index >= 15 is 0 Å². The summed E-state index contributed by atoms with van der Waals surface area (Å²) in [6, 6.07) is 10.6.